The van der Waals surface area contributed by atoms with Crippen molar-refractivity contribution in [1.82, 2.24) is 10.6 Å². The molecule has 5 rings (SSSR count). The van der Waals surface area contributed by atoms with Crippen LogP contribution in [0.4, 0.5) is 0 Å². The SMILES string of the molecule is CC1OC(O[C@H](c2ccc(O)cc2)C2NC(=O)[C@H](N)c3ccc(O)c(c3)-c3c(O)cc(O)cc3[C@@H](C(=O)O)NC2=O)CC(C)(N)C1O. The van der Waals surface area contributed by atoms with Crippen molar-refractivity contribution in [3.63, 3.8) is 0 Å². The number of carbonyl (C=O) groups excluding carboxylic acids is 2. The lowest BCUT2D eigenvalue weighted by Gasteiger charge is -2.44. The van der Waals surface area contributed by atoms with E-state index in [2.05, 4.69) is 10.6 Å². The number of carboxylic acids is 1. The number of carboxylic acid groups (broad SMARTS) is 1. The van der Waals surface area contributed by atoms with E-state index in [0.717, 1.165) is 12.1 Å². The number of phenolic OH excluding ortho intramolecular Hbond substituents is 4. The zero-order valence-corrected chi connectivity index (χ0v) is 25.3. The fourth-order valence-electron chi connectivity index (χ4n) is 5.91. The van der Waals surface area contributed by atoms with E-state index in [4.69, 9.17) is 20.9 Å². The lowest BCUT2D eigenvalue weighted by Crippen LogP contribution is -2.61. The number of hydrogen-bond donors (Lipinski definition) is 10. The zero-order valence-electron chi connectivity index (χ0n) is 25.3. The number of aliphatic hydroxyl groups excluding tert-OH is 1. The van der Waals surface area contributed by atoms with Gasteiger partial charge in [0, 0.05) is 34.7 Å². The van der Waals surface area contributed by atoms with E-state index in [1.165, 1.54) is 42.5 Å². The standard InChI is InChI=1S/C32H36N4O11/c1-13-28(41)32(2,34)12-22(46-13)47-27(14-3-6-16(37)7-4-14)26-30(43)35-25(31(44)45)19-10-17(38)11-21(40)23(19)18-9-15(5-8-20(18)39)24(33)29(42)36-26/h3-11,13,22,24-28,37-41H,12,33-34H2,1-2H3,(H,35,43)(H,36,42)(H,44,45)/t13?,22?,24-,25+,26?,27-,28?,32?/m1/s1. The molecule has 0 aromatic heterocycles. The smallest absolute Gasteiger partial charge is 0.330 e. The summed E-state index contributed by atoms with van der Waals surface area (Å²) in [7, 11) is 0. The number of aliphatic hydroxyl groups is 1. The summed E-state index contributed by atoms with van der Waals surface area (Å²) < 4.78 is 12.1. The highest BCUT2D eigenvalue weighted by molar-refractivity contribution is 5.95. The Morgan fingerprint density at radius 2 is 1.66 bits per heavy atom. The Morgan fingerprint density at radius 3 is 2.30 bits per heavy atom. The van der Waals surface area contributed by atoms with Crippen LogP contribution in [-0.2, 0) is 23.9 Å². The molecule has 2 aliphatic rings. The highest BCUT2D eigenvalue weighted by Crippen LogP contribution is 2.44. The minimum atomic E-state index is -1.94. The molecule has 1 saturated heterocycles. The van der Waals surface area contributed by atoms with Gasteiger partial charge in [0.15, 0.2) is 12.3 Å². The van der Waals surface area contributed by atoms with Crippen LogP contribution in [-0.4, -0.2) is 78.5 Å². The molecule has 0 spiro atoms. The lowest BCUT2D eigenvalue weighted by molar-refractivity contribution is -0.255. The van der Waals surface area contributed by atoms with Crippen molar-refractivity contribution in [3.05, 3.63) is 71.3 Å². The summed E-state index contributed by atoms with van der Waals surface area (Å²) >= 11 is 0. The first-order valence-electron chi connectivity index (χ1n) is 14.6. The molecule has 0 radical (unpaired) electrons. The maximum absolute atomic E-state index is 14.2. The zero-order chi connectivity index (χ0) is 34.4. The number of nitrogens with one attached hydrogen (secondary N) is 2. The summed E-state index contributed by atoms with van der Waals surface area (Å²) in [4.78, 5) is 40.6. The Morgan fingerprint density at radius 1 is 0.979 bits per heavy atom. The van der Waals surface area contributed by atoms with Gasteiger partial charge in [0.25, 0.3) is 0 Å². The van der Waals surface area contributed by atoms with Gasteiger partial charge in [0.1, 0.15) is 41.2 Å². The molecule has 3 aromatic rings. The van der Waals surface area contributed by atoms with Crippen molar-refractivity contribution in [3.8, 4) is 34.1 Å². The summed E-state index contributed by atoms with van der Waals surface area (Å²) in [6, 6.07) is 6.13. The van der Waals surface area contributed by atoms with Gasteiger partial charge >= 0.3 is 5.97 Å². The topological polar surface area (TPSA) is 267 Å². The van der Waals surface area contributed by atoms with Gasteiger partial charge in [-0.3, -0.25) is 9.59 Å². The summed E-state index contributed by atoms with van der Waals surface area (Å²) in [5.74, 6) is -5.28. The maximum atomic E-state index is 14.2. The van der Waals surface area contributed by atoms with Gasteiger partial charge in [0.2, 0.25) is 11.8 Å². The molecule has 5 unspecified atom stereocenters. The predicted molar refractivity (Wildman–Crippen MR) is 164 cm³/mol. The summed E-state index contributed by atoms with van der Waals surface area (Å²) in [5, 5.41) is 67.6. The molecule has 1 fully saturated rings. The number of fused-ring (bicyclic) bond motifs is 4. The second-order valence-corrected chi connectivity index (χ2v) is 12.0. The minimum absolute atomic E-state index is 0.0468. The van der Waals surface area contributed by atoms with Gasteiger partial charge in [-0.15, -0.1) is 0 Å². The second kappa shape index (κ2) is 12.7. The van der Waals surface area contributed by atoms with Crippen LogP contribution in [0.5, 0.6) is 23.0 Å². The molecule has 8 atom stereocenters. The summed E-state index contributed by atoms with van der Waals surface area (Å²) in [6.07, 6.45) is -4.45. The average Bonchev–Trinajstić information content (AvgIpc) is 2.99. The van der Waals surface area contributed by atoms with Gasteiger partial charge in [-0.2, -0.15) is 0 Å². The van der Waals surface area contributed by atoms with Gasteiger partial charge in [0.05, 0.1) is 12.2 Å². The molecule has 0 saturated carbocycles. The third-order valence-electron chi connectivity index (χ3n) is 8.41. The number of hydrogen-bond acceptors (Lipinski definition) is 12. The van der Waals surface area contributed by atoms with Crippen LogP contribution in [0.25, 0.3) is 11.1 Å². The highest BCUT2D eigenvalue weighted by atomic mass is 16.7. The van der Waals surface area contributed by atoms with Crippen LogP contribution in [0, 0.1) is 0 Å². The van der Waals surface area contributed by atoms with E-state index < -0.39 is 83.3 Å². The molecule has 47 heavy (non-hydrogen) atoms. The van der Waals surface area contributed by atoms with Crippen molar-refractivity contribution >= 4 is 17.8 Å². The minimum Gasteiger partial charge on any atom is -0.508 e. The van der Waals surface area contributed by atoms with Crippen LogP contribution < -0.4 is 22.1 Å². The third kappa shape index (κ3) is 6.65. The van der Waals surface area contributed by atoms with E-state index >= 15 is 0 Å². The van der Waals surface area contributed by atoms with Crippen LogP contribution in [0.3, 0.4) is 0 Å². The molecule has 2 aliphatic heterocycles. The van der Waals surface area contributed by atoms with Gasteiger partial charge in [-0.1, -0.05) is 18.2 Å². The van der Waals surface area contributed by atoms with Crippen molar-refractivity contribution in [2.45, 2.75) is 68.5 Å². The molecule has 3 aromatic carbocycles. The fraction of sp³-hybridized carbons (Fsp3) is 0.344. The Labute approximate surface area is 268 Å². The first-order valence-corrected chi connectivity index (χ1v) is 14.6. The Kier molecular flexibility index (Phi) is 9.03. The van der Waals surface area contributed by atoms with Gasteiger partial charge in [-0.05, 0) is 55.3 Å². The number of aliphatic carboxylic acids is 1. The number of rotatable bonds is 5. The number of nitrogens with two attached hydrogens (primary N) is 2. The number of benzene rings is 3. The molecule has 250 valence electrons. The molecule has 2 bridgehead atoms. The molecule has 15 nitrogen and oxygen atoms in total. The molecular weight excluding hydrogens is 616 g/mol. The largest absolute Gasteiger partial charge is 0.508 e. The van der Waals surface area contributed by atoms with Gasteiger partial charge < -0.3 is 62.2 Å². The third-order valence-corrected chi connectivity index (χ3v) is 8.41. The summed E-state index contributed by atoms with van der Waals surface area (Å²) in [5.41, 5.74) is 11.2. The van der Waals surface area contributed by atoms with Crippen molar-refractivity contribution in [2.75, 3.05) is 0 Å². The number of amides is 2. The quantitative estimate of drug-likeness (QED) is 0.184. The summed E-state index contributed by atoms with van der Waals surface area (Å²) in [6.45, 7) is 3.17. The van der Waals surface area contributed by atoms with Gasteiger partial charge in [-0.25, -0.2) is 4.79 Å². The number of carbonyl (C=O) groups is 3. The molecule has 2 amide bonds. The molecular formula is C32H36N4O11. The van der Waals surface area contributed by atoms with E-state index in [1.54, 1.807) is 13.8 Å². The second-order valence-electron chi connectivity index (χ2n) is 12.0. The Balaban J connectivity index is 1.67. The van der Waals surface area contributed by atoms with Crippen LogP contribution in [0.2, 0.25) is 0 Å². The first-order chi connectivity index (χ1) is 22.1. The monoisotopic (exact) mass is 652 g/mol. The van der Waals surface area contributed by atoms with E-state index in [-0.39, 0.29) is 40.0 Å². The van der Waals surface area contributed by atoms with Crippen molar-refractivity contribution in [1.29, 1.82) is 0 Å². The maximum Gasteiger partial charge on any atom is 0.330 e. The van der Waals surface area contributed by atoms with E-state index in [0.29, 0.717) is 0 Å². The Bertz CT molecular complexity index is 1700. The van der Waals surface area contributed by atoms with Crippen molar-refractivity contribution in [2.24, 2.45) is 11.5 Å². The van der Waals surface area contributed by atoms with Crippen LogP contribution >= 0.6 is 0 Å². The average molecular weight is 653 g/mol. The molecule has 2 heterocycles. The van der Waals surface area contributed by atoms with Crippen molar-refractivity contribution < 1.29 is 54.5 Å². The van der Waals surface area contributed by atoms with Crippen LogP contribution in [0.1, 0.15) is 55.1 Å². The number of phenols is 4. The van der Waals surface area contributed by atoms with E-state index in [1.807, 2.05) is 0 Å². The van der Waals surface area contributed by atoms with E-state index in [9.17, 15) is 45.0 Å². The molecule has 12 N–H and O–H groups in total. The van der Waals surface area contributed by atoms with Crippen LogP contribution in [0.15, 0.2) is 54.6 Å². The normalized spacial score (nSPS) is 28.5. The number of aromatic hydroxyl groups is 4. The lowest BCUT2D eigenvalue weighted by atomic mass is 9.86. The Hall–Kier alpha value is -4.93. The first kappa shape index (κ1) is 33.4. The molecule has 0 aliphatic carbocycles. The molecule has 15 heteroatoms. The number of ether oxygens (including phenoxy) is 2. The fourth-order valence-corrected chi connectivity index (χ4v) is 5.91. The predicted octanol–water partition coefficient (Wildman–Crippen LogP) is 0.887. The highest BCUT2D eigenvalue weighted by Gasteiger charge is 2.45.